The van der Waals surface area contributed by atoms with E-state index in [1.54, 1.807) is 0 Å². The zero-order valence-corrected chi connectivity index (χ0v) is 19.5. The van der Waals surface area contributed by atoms with Crippen LogP contribution >= 0.6 is 7.60 Å². The van der Waals surface area contributed by atoms with E-state index in [1.165, 1.54) is 51.4 Å². The van der Waals surface area contributed by atoms with Crippen molar-refractivity contribution in [2.75, 3.05) is 6.16 Å². The van der Waals surface area contributed by atoms with Gasteiger partial charge >= 0.3 is 7.60 Å². The van der Waals surface area contributed by atoms with Crippen LogP contribution in [0.2, 0.25) is 0 Å². The average molecular weight is 431 g/mol. The second-order valence-electron chi connectivity index (χ2n) is 8.03. The van der Waals surface area contributed by atoms with E-state index >= 15 is 0 Å². The van der Waals surface area contributed by atoms with Crippen molar-refractivity contribution in [3.8, 4) is 0 Å². The van der Waals surface area contributed by atoms with E-state index in [1.807, 2.05) is 60.7 Å². The predicted octanol–water partition coefficient (Wildman–Crippen LogP) is 8.53. The summed E-state index contributed by atoms with van der Waals surface area (Å²) in [6.45, 7) is 2.90. The Balaban J connectivity index is 1.72. The maximum atomic E-state index is 13.4. The summed E-state index contributed by atoms with van der Waals surface area (Å²) in [6, 6.07) is 19.8. The lowest BCUT2D eigenvalue weighted by molar-refractivity contribution is 0.190. The molecule has 0 aliphatic rings. The van der Waals surface area contributed by atoms with Crippen molar-refractivity contribution in [2.24, 2.45) is 0 Å². The molecule has 0 radical (unpaired) electrons. The van der Waals surface area contributed by atoms with Crippen molar-refractivity contribution < 1.29 is 13.6 Å². The molecule has 2 aromatic carbocycles. The van der Waals surface area contributed by atoms with Gasteiger partial charge in [0.15, 0.2) is 0 Å². The van der Waals surface area contributed by atoms with Crippen LogP contribution in [0.1, 0.15) is 82.3 Å². The molecule has 0 aliphatic carbocycles. The zero-order chi connectivity index (χ0) is 21.3. The summed E-state index contributed by atoms with van der Waals surface area (Å²) in [5.41, 5.74) is 2.04. The van der Waals surface area contributed by atoms with E-state index in [0.717, 1.165) is 24.0 Å². The fraction of sp³-hybridized carbons (Fsp3) is 0.538. The Kier molecular flexibility index (Phi) is 12.8. The zero-order valence-electron chi connectivity index (χ0n) is 18.6. The highest BCUT2D eigenvalue weighted by atomic mass is 31.2. The SMILES string of the molecule is CCCCCCCCCCCCP(=O)(OCc1ccccc1)OCc1ccccc1. The van der Waals surface area contributed by atoms with Crippen LogP contribution in [0, 0.1) is 0 Å². The highest BCUT2D eigenvalue weighted by molar-refractivity contribution is 7.53. The monoisotopic (exact) mass is 430 g/mol. The van der Waals surface area contributed by atoms with Crippen LogP contribution in [0.5, 0.6) is 0 Å². The second kappa shape index (κ2) is 15.4. The summed E-state index contributed by atoms with van der Waals surface area (Å²) >= 11 is 0. The number of hydrogen-bond acceptors (Lipinski definition) is 3. The van der Waals surface area contributed by atoms with E-state index in [0.29, 0.717) is 19.4 Å². The summed E-state index contributed by atoms with van der Waals surface area (Å²) in [5.74, 6) is 0. The van der Waals surface area contributed by atoms with E-state index in [9.17, 15) is 4.57 Å². The summed E-state index contributed by atoms with van der Waals surface area (Å²) in [7, 11) is -3.12. The second-order valence-corrected chi connectivity index (χ2v) is 10.2. The average Bonchev–Trinajstić information content (AvgIpc) is 2.79. The highest BCUT2D eigenvalue weighted by Crippen LogP contribution is 2.50. The fourth-order valence-corrected chi connectivity index (χ4v) is 5.09. The van der Waals surface area contributed by atoms with E-state index in [2.05, 4.69) is 6.92 Å². The summed E-state index contributed by atoms with van der Waals surface area (Å²) in [5, 5.41) is 0. The number of benzene rings is 2. The maximum Gasteiger partial charge on any atom is 0.331 e. The molecule has 2 rings (SSSR count). The molecule has 0 aliphatic heterocycles. The third-order valence-electron chi connectivity index (χ3n) is 5.33. The lowest BCUT2D eigenvalue weighted by Crippen LogP contribution is -2.02. The quantitative estimate of drug-likeness (QED) is 0.186. The molecule has 0 N–H and O–H groups in total. The van der Waals surface area contributed by atoms with Crippen LogP contribution in [-0.2, 0) is 26.8 Å². The molecule has 0 amide bonds. The van der Waals surface area contributed by atoms with Gasteiger partial charge in [0.25, 0.3) is 0 Å². The first-order chi connectivity index (χ1) is 14.7. The molecule has 0 bridgehead atoms. The van der Waals surface area contributed by atoms with Crippen LogP contribution in [0.25, 0.3) is 0 Å². The third kappa shape index (κ3) is 11.1. The first-order valence-corrected chi connectivity index (χ1v) is 13.4. The van der Waals surface area contributed by atoms with Crippen molar-refractivity contribution in [3.63, 3.8) is 0 Å². The van der Waals surface area contributed by atoms with Gasteiger partial charge in [0.05, 0.1) is 19.4 Å². The molecular formula is C26H39O3P. The van der Waals surface area contributed by atoms with Gasteiger partial charge in [-0.05, 0) is 17.5 Å². The molecule has 3 nitrogen and oxygen atoms in total. The molecule has 166 valence electrons. The molecule has 0 saturated heterocycles. The first kappa shape index (κ1) is 24.9. The Labute approximate surface area is 183 Å². The minimum atomic E-state index is -3.12. The van der Waals surface area contributed by atoms with Gasteiger partial charge in [-0.3, -0.25) is 4.57 Å². The van der Waals surface area contributed by atoms with Crippen LogP contribution in [0.3, 0.4) is 0 Å². The lowest BCUT2D eigenvalue weighted by atomic mass is 10.1. The smallest absolute Gasteiger partial charge is 0.304 e. The van der Waals surface area contributed by atoms with Gasteiger partial charge in [0.1, 0.15) is 0 Å². The minimum absolute atomic E-state index is 0.324. The van der Waals surface area contributed by atoms with Crippen molar-refractivity contribution in [1.29, 1.82) is 0 Å². The van der Waals surface area contributed by atoms with Crippen molar-refractivity contribution in [3.05, 3.63) is 71.8 Å². The Hall–Kier alpha value is -1.41. The Bertz CT molecular complexity index is 655. The minimum Gasteiger partial charge on any atom is -0.304 e. The van der Waals surface area contributed by atoms with Gasteiger partial charge in [0.2, 0.25) is 0 Å². The Morgan fingerprint density at radius 1 is 0.600 bits per heavy atom. The van der Waals surface area contributed by atoms with Crippen LogP contribution in [-0.4, -0.2) is 6.16 Å². The Morgan fingerprint density at radius 2 is 1.00 bits per heavy atom. The lowest BCUT2D eigenvalue weighted by Gasteiger charge is -2.19. The number of unbranched alkanes of at least 4 members (excludes halogenated alkanes) is 9. The molecule has 4 heteroatoms. The molecular weight excluding hydrogens is 391 g/mol. The van der Waals surface area contributed by atoms with Crippen LogP contribution < -0.4 is 0 Å². The van der Waals surface area contributed by atoms with Crippen LogP contribution in [0.15, 0.2) is 60.7 Å². The van der Waals surface area contributed by atoms with E-state index < -0.39 is 7.60 Å². The molecule has 0 unspecified atom stereocenters. The molecule has 2 aromatic rings. The summed E-state index contributed by atoms with van der Waals surface area (Å²) in [6.07, 6.45) is 13.0. The van der Waals surface area contributed by atoms with Gasteiger partial charge in [-0.2, -0.15) is 0 Å². The molecule has 0 heterocycles. The van der Waals surface area contributed by atoms with Crippen molar-refractivity contribution in [2.45, 2.75) is 84.3 Å². The van der Waals surface area contributed by atoms with Gasteiger partial charge < -0.3 is 9.05 Å². The predicted molar refractivity (Wildman–Crippen MR) is 127 cm³/mol. The van der Waals surface area contributed by atoms with Gasteiger partial charge in [-0.25, -0.2) is 0 Å². The van der Waals surface area contributed by atoms with Crippen LogP contribution in [0.4, 0.5) is 0 Å². The third-order valence-corrected chi connectivity index (χ3v) is 7.24. The van der Waals surface area contributed by atoms with Gasteiger partial charge in [-0.15, -0.1) is 0 Å². The molecule has 0 atom stereocenters. The maximum absolute atomic E-state index is 13.4. The number of rotatable bonds is 17. The molecule has 0 aromatic heterocycles. The number of hydrogen-bond donors (Lipinski definition) is 0. The summed E-state index contributed by atoms with van der Waals surface area (Å²) in [4.78, 5) is 0. The molecule has 0 spiro atoms. The van der Waals surface area contributed by atoms with E-state index in [-0.39, 0.29) is 0 Å². The standard InChI is InChI=1S/C26H39O3P/c1-2-3-4-5-6-7-8-9-10-17-22-30(27,28-23-25-18-13-11-14-19-25)29-24-26-20-15-12-16-21-26/h11-16,18-21H,2-10,17,22-24H2,1H3. The Morgan fingerprint density at radius 3 is 1.43 bits per heavy atom. The highest BCUT2D eigenvalue weighted by Gasteiger charge is 2.24. The molecule has 0 fully saturated rings. The topological polar surface area (TPSA) is 35.5 Å². The fourth-order valence-electron chi connectivity index (χ4n) is 3.45. The molecule has 30 heavy (non-hydrogen) atoms. The first-order valence-electron chi connectivity index (χ1n) is 11.7. The largest absolute Gasteiger partial charge is 0.331 e. The van der Waals surface area contributed by atoms with E-state index in [4.69, 9.17) is 9.05 Å². The normalized spacial score (nSPS) is 11.6. The van der Waals surface area contributed by atoms with Crippen molar-refractivity contribution >= 4 is 7.60 Å². The van der Waals surface area contributed by atoms with Gasteiger partial charge in [-0.1, -0.05) is 125 Å². The van der Waals surface area contributed by atoms with Gasteiger partial charge in [0, 0.05) is 0 Å². The molecule has 0 saturated carbocycles. The van der Waals surface area contributed by atoms with Crippen molar-refractivity contribution in [1.82, 2.24) is 0 Å². The summed E-state index contributed by atoms with van der Waals surface area (Å²) < 4.78 is 25.1.